The molecule has 0 amide bonds. The third-order valence-corrected chi connectivity index (χ3v) is 6.85. The van der Waals surface area contributed by atoms with E-state index in [1.165, 1.54) is 25.7 Å². The van der Waals surface area contributed by atoms with E-state index in [1.54, 1.807) is 18.5 Å². The molecular weight excluding hydrogens is 412 g/mol. The lowest BCUT2D eigenvalue weighted by Crippen LogP contribution is -2.17. The summed E-state index contributed by atoms with van der Waals surface area (Å²) in [5, 5.41) is 10.2. The number of halogens is 1. The van der Waals surface area contributed by atoms with Gasteiger partial charge >= 0.3 is 5.97 Å². The molecule has 7 heteroatoms. The van der Waals surface area contributed by atoms with Crippen molar-refractivity contribution in [2.75, 3.05) is 0 Å². The van der Waals surface area contributed by atoms with Gasteiger partial charge in [-0.25, -0.2) is 14.8 Å². The quantitative estimate of drug-likeness (QED) is 0.494. The van der Waals surface area contributed by atoms with Crippen molar-refractivity contribution in [3.63, 3.8) is 0 Å². The number of aromatic carboxylic acids is 1. The van der Waals surface area contributed by atoms with E-state index in [1.807, 2.05) is 0 Å². The topological polar surface area (TPSA) is 80.9 Å². The molecule has 1 saturated carbocycles. The lowest BCUT2D eigenvalue weighted by Gasteiger charge is -2.26. The number of carbonyl (C=O) groups is 1. The summed E-state index contributed by atoms with van der Waals surface area (Å²) in [7, 11) is 0. The first-order chi connectivity index (χ1) is 14.9. The fraction of sp³-hybridized carbons (Fsp3) is 0.500. The highest BCUT2D eigenvalue weighted by Crippen LogP contribution is 2.36. The SMILES string of the molecule is CCC(C)c1cn(C[C@H]2CC[C@H](C)CC2)c2c(-c3cncc(Cl)c3)nc(C(=O)O)nc12. The molecule has 31 heavy (non-hydrogen) atoms. The second-order valence-electron chi connectivity index (χ2n) is 8.96. The van der Waals surface area contributed by atoms with Gasteiger partial charge in [0.15, 0.2) is 0 Å². The molecule has 0 aromatic carbocycles. The van der Waals surface area contributed by atoms with Gasteiger partial charge in [0, 0.05) is 30.7 Å². The van der Waals surface area contributed by atoms with E-state index in [9.17, 15) is 9.90 Å². The minimum absolute atomic E-state index is 0.198. The lowest BCUT2D eigenvalue weighted by atomic mass is 9.83. The van der Waals surface area contributed by atoms with Crippen LogP contribution in [0.3, 0.4) is 0 Å². The molecule has 3 heterocycles. The third-order valence-electron chi connectivity index (χ3n) is 6.64. The van der Waals surface area contributed by atoms with E-state index < -0.39 is 5.97 Å². The number of fused-ring (bicyclic) bond motifs is 1. The normalized spacial score (nSPS) is 20.1. The molecule has 6 nitrogen and oxygen atoms in total. The monoisotopic (exact) mass is 440 g/mol. The van der Waals surface area contributed by atoms with Crippen LogP contribution >= 0.6 is 11.6 Å². The average Bonchev–Trinajstić information content (AvgIpc) is 3.12. The number of nitrogens with zero attached hydrogens (tertiary/aromatic N) is 4. The molecule has 4 rings (SSSR count). The maximum Gasteiger partial charge on any atom is 0.373 e. The van der Waals surface area contributed by atoms with Crippen LogP contribution in [0.5, 0.6) is 0 Å². The number of carboxylic acid groups (broad SMARTS) is 1. The van der Waals surface area contributed by atoms with Crippen molar-refractivity contribution in [1.29, 1.82) is 0 Å². The first kappa shape index (κ1) is 21.8. The summed E-state index contributed by atoms with van der Waals surface area (Å²) in [5.74, 6) is 0.319. The Morgan fingerprint density at radius 2 is 2.00 bits per heavy atom. The van der Waals surface area contributed by atoms with Crippen LogP contribution < -0.4 is 0 Å². The zero-order valence-corrected chi connectivity index (χ0v) is 19.1. The van der Waals surface area contributed by atoms with Gasteiger partial charge in [0.1, 0.15) is 5.69 Å². The van der Waals surface area contributed by atoms with Crippen LogP contribution in [0.1, 0.15) is 75.0 Å². The summed E-state index contributed by atoms with van der Waals surface area (Å²) in [4.78, 5) is 25.0. The van der Waals surface area contributed by atoms with Crippen molar-refractivity contribution in [1.82, 2.24) is 19.5 Å². The van der Waals surface area contributed by atoms with Gasteiger partial charge in [-0.2, -0.15) is 0 Å². The molecule has 3 aromatic heterocycles. The molecule has 0 aliphatic heterocycles. The van der Waals surface area contributed by atoms with E-state index in [0.29, 0.717) is 22.2 Å². The standard InChI is InChI=1S/C24H29ClN4O2/c1-4-15(3)19-13-29(12-16-7-5-14(2)6-8-16)22-20(17-9-18(25)11-26-10-17)27-23(24(30)31)28-21(19)22/h9-11,13-16H,4-8,12H2,1-3H3,(H,30,31)/t14-,15?,16-. The van der Waals surface area contributed by atoms with Gasteiger partial charge in [0.2, 0.25) is 5.82 Å². The minimum Gasteiger partial charge on any atom is -0.475 e. The third kappa shape index (κ3) is 4.45. The van der Waals surface area contributed by atoms with Crippen molar-refractivity contribution < 1.29 is 9.90 Å². The second kappa shape index (κ2) is 8.95. The molecule has 0 saturated heterocycles. The summed E-state index contributed by atoms with van der Waals surface area (Å²) in [6.07, 6.45) is 11.3. The Morgan fingerprint density at radius 3 is 2.65 bits per heavy atom. The zero-order valence-electron chi connectivity index (χ0n) is 18.3. The minimum atomic E-state index is -1.14. The molecule has 1 fully saturated rings. The Kier molecular flexibility index (Phi) is 6.28. The van der Waals surface area contributed by atoms with Crippen LogP contribution in [0.25, 0.3) is 22.3 Å². The predicted molar refractivity (Wildman–Crippen MR) is 123 cm³/mol. The summed E-state index contributed by atoms with van der Waals surface area (Å²) < 4.78 is 2.25. The van der Waals surface area contributed by atoms with Crippen molar-refractivity contribution >= 4 is 28.6 Å². The number of aromatic nitrogens is 4. The zero-order chi connectivity index (χ0) is 22.1. The molecule has 3 aromatic rings. The highest BCUT2D eigenvalue weighted by molar-refractivity contribution is 6.30. The summed E-state index contributed by atoms with van der Waals surface area (Å²) >= 11 is 6.21. The van der Waals surface area contributed by atoms with Gasteiger partial charge in [-0.15, -0.1) is 0 Å². The van der Waals surface area contributed by atoms with Gasteiger partial charge in [0.05, 0.1) is 16.1 Å². The average molecular weight is 441 g/mol. The number of hydrogen-bond donors (Lipinski definition) is 1. The Hall–Kier alpha value is -2.47. The van der Waals surface area contributed by atoms with Gasteiger partial charge < -0.3 is 9.67 Å². The molecule has 1 aliphatic carbocycles. The van der Waals surface area contributed by atoms with Gasteiger partial charge in [-0.3, -0.25) is 4.98 Å². The van der Waals surface area contributed by atoms with Crippen LogP contribution in [0.2, 0.25) is 5.02 Å². The molecule has 0 radical (unpaired) electrons. The largest absolute Gasteiger partial charge is 0.475 e. The Balaban J connectivity index is 1.93. The first-order valence-electron chi connectivity index (χ1n) is 11.1. The fourth-order valence-electron chi connectivity index (χ4n) is 4.57. The van der Waals surface area contributed by atoms with Crippen LogP contribution in [-0.4, -0.2) is 30.6 Å². The highest BCUT2D eigenvalue weighted by Gasteiger charge is 2.25. The Bertz CT molecular complexity index is 1100. The molecule has 0 spiro atoms. The Morgan fingerprint density at radius 1 is 1.26 bits per heavy atom. The van der Waals surface area contributed by atoms with Crippen molar-refractivity contribution in [2.24, 2.45) is 11.8 Å². The van der Waals surface area contributed by atoms with E-state index in [0.717, 1.165) is 35.5 Å². The molecular formula is C24H29ClN4O2. The second-order valence-corrected chi connectivity index (χ2v) is 9.40. The first-order valence-corrected chi connectivity index (χ1v) is 11.5. The molecule has 1 aliphatic rings. The van der Waals surface area contributed by atoms with Crippen LogP contribution in [0.15, 0.2) is 24.7 Å². The summed E-state index contributed by atoms with van der Waals surface area (Å²) in [6, 6.07) is 1.78. The number of pyridine rings is 1. The van der Waals surface area contributed by atoms with E-state index in [-0.39, 0.29) is 11.7 Å². The van der Waals surface area contributed by atoms with E-state index in [2.05, 4.69) is 46.5 Å². The van der Waals surface area contributed by atoms with Gasteiger partial charge in [-0.05, 0) is 48.6 Å². The Labute approximate surface area is 187 Å². The van der Waals surface area contributed by atoms with Crippen molar-refractivity contribution in [3.8, 4) is 11.3 Å². The summed E-state index contributed by atoms with van der Waals surface area (Å²) in [5.41, 5.74) is 3.96. The molecule has 164 valence electrons. The van der Waals surface area contributed by atoms with E-state index >= 15 is 0 Å². The van der Waals surface area contributed by atoms with Crippen LogP contribution in [0, 0.1) is 11.8 Å². The highest BCUT2D eigenvalue weighted by atomic mass is 35.5. The van der Waals surface area contributed by atoms with Crippen molar-refractivity contribution in [2.45, 2.75) is 65.3 Å². The van der Waals surface area contributed by atoms with Gasteiger partial charge in [-0.1, -0.05) is 45.2 Å². The predicted octanol–water partition coefficient (Wildman–Crippen LogP) is 6.18. The fourth-order valence-corrected chi connectivity index (χ4v) is 4.75. The number of rotatable bonds is 6. The number of hydrogen-bond acceptors (Lipinski definition) is 4. The molecule has 1 N–H and O–H groups in total. The number of carboxylic acids is 1. The molecule has 0 bridgehead atoms. The lowest BCUT2D eigenvalue weighted by molar-refractivity contribution is 0.0684. The molecule has 1 atom stereocenters. The van der Waals surface area contributed by atoms with Crippen LogP contribution in [0.4, 0.5) is 0 Å². The van der Waals surface area contributed by atoms with E-state index in [4.69, 9.17) is 11.6 Å². The van der Waals surface area contributed by atoms with Gasteiger partial charge in [0.25, 0.3) is 0 Å². The molecule has 1 unspecified atom stereocenters. The van der Waals surface area contributed by atoms with Crippen molar-refractivity contribution in [3.05, 3.63) is 41.1 Å². The smallest absolute Gasteiger partial charge is 0.373 e. The maximum absolute atomic E-state index is 11.8. The maximum atomic E-state index is 11.8. The van der Waals surface area contributed by atoms with Crippen LogP contribution in [-0.2, 0) is 6.54 Å². The summed E-state index contributed by atoms with van der Waals surface area (Å²) in [6.45, 7) is 7.51.